The van der Waals surface area contributed by atoms with E-state index in [0.29, 0.717) is 12.1 Å². The second-order valence-electron chi connectivity index (χ2n) is 5.96. The van der Waals surface area contributed by atoms with Crippen molar-refractivity contribution in [3.05, 3.63) is 23.9 Å². The van der Waals surface area contributed by atoms with Crippen LogP contribution in [0.25, 0.3) is 11.0 Å². The Balaban J connectivity index is 0.00000139. The van der Waals surface area contributed by atoms with Crippen LogP contribution in [0, 0.1) is 0 Å². The van der Waals surface area contributed by atoms with E-state index in [1.807, 2.05) is 34.6 Å². The molecule has 0 aliphatic rings. The summed E-state index contributed by atoms with van der Waals surface area (Å²) in [5.74, 6) is 0. The highest BCUT2D eigenvalue weighted by Gasteiger charge is 2.20. The summed E-state index contributed by atoms with van der Waals surface area (Å²) in [6, 6.07) is 4.91. The lowest BCUT2D eigenvalue weighted by Gasteiger charge is -2.24. The van der Waals surface area contributed by atoms with E-state index in [9.17, 15) is 9.00 Å². The Bertz CT molecular complexity index is 722. The molecule has 0 saturated heterocycles. The van der Waals surface area contributed by atoms with Crippen LogP contribution in [0.2, 0.25) is 0 Å². The van der Waals surface area contributed by atoms with Gasteiger partial charge in [-0.05, 0) is 39.0 Å². The van der Waals surface area contributed by atoms with E-state index < -0.39 is 22.8 Å². The van der Waals surface area contributed by atoms with Gasteiger partial charge in [0.1, 0.15) is 5.60 Å². The number of aromatic nitrogens is 2. The van der Waals surface area contributed by atoms with Crippen molar-refractivity contribution in [2.45, 2.75) is 51.8 Å². The molecule has 0 spiro atoms. The highest BCUT2D eigenvalue weighted by molar-refractivity contribution is 7.79. The van der Waals surface area contributed by atoms with Crippen molar-refractivity contribution < 1.29 is 18.3 Å². The number of ether oxygens (including phenoxy) is 1. The first-order valence-electron chi connectivity index (χ1n) is 7.69. The van der Waals surface area contributed by atoms with Crippen molar-refractivity contribution in [3.8, 4) is 0 Å². The molecule has 2 rings (SSSR count). The van der Waals surface area contributed by atoms with Crippen LogP contribution >= 0.6 is 0 Å². The summed E-state index contributed by atoms with van der Waals surface area (Å²) < 4.78 is 25.3. The first kappa shape index (κ1) is 20.1. The number of rotatable bonds is 3. The fourth-order valence-electron chi connectivity index (χ4n) is 1.89. The van der Waals surface area contributed by atoms with Crippen LogP contribution in [0.4, 0.5) is 4.79 Å². The number of carbonyl (C=O) groups excluding carboxylic acids is 1. The van der Waals surface area contributed by atoms with E-state index >= 15 is 0 Å². The first-order chi connectivity index (χ1) is 11.2. The Morgan fingerprint density at radius 2 is 2.00 bits per heavy atom. The number of hydrogen-bond acceptors (Lipinski definition) is 4. The summed E-state index contributed by atoms with van der Waals surface area (Å²) in [6.07, 6.45) is -0.420. The van der Waals surface area contributed by atoms with Gasteiger partial charge in [0.05, 0.1) is 17.6 Å². The molecule has 2 N–H and O–H groups in total. The van der Waals surface area contributed by atoms with Gasteiger partial charge in [0.25, 0.3) is 0 Å². The largest absolute Gasteiger partial charge is 0.444 e. The average molecular weight is 355 g/mol. The molecule has 1 amide bonds. The lowest BCUT2D eigenvalue weighted by molar-refractivity contribution is 0.0283. The third kappa shape index (κ3) is 5.61. The number of amides is 1. The van der Waals surface area contributed by atoms with E-state index in [1.165, 1.54) is 11.0 Å². The van der Waals surface area contributed by atoms with Gasteiger partial charge < -0.3 is 19.2 Å². The van der Waals surface area contributed by atoms with Crippen LogP contribution in [0.5, 0.6) is 0 Å². The molecule has 2 aromatic heterocycles. The molecular weight excluding hydrogens is 330 g/mol. The van der Waals surface area contributed by atoms with Gasteiger partial charge in [-0.25, -0.2) is 14.0 Å². The number of fused-ring (bicyclic) bond motifs is 1. The summed E-state index contributed by atoms with van der Waals surface area (Å²) >= 11 is -2.11. The number of aromatic amines is 1. The van der Waals surface area contributed by atoms with Crippen molar-refractivity contribution in [1.29, 1.82) is 0 Å². The number of nitrogens with zero attached hydrogens (tertiary/aromatic N) is 2. The summed E-state index contributed by atoms with van der Waals surface area (Å²) in [5, 5.41) is 0.0959. The number of nitrogens with one attached hydrogen (secondary N) is 1. The third-order valence-electron chi connectivity index (χ3n) is 2.80. The standard InChI is InChI=1S/C14H19N3O4S.C2H6/c1-14(2,3)21-13(18)17(4)8-9-7-11-10(15-9)5-6-12(16-11)22(19)20;1-2/h5-7,15H,8H2,1-4H3,(H,19,20);1-2H3. The van der Waals surface area contributed by atoms with E-state index in [1.54, 1.807) is 19.2 Å². The fraction of sp³-hybridized carbons (Fsp3) is 0.500. The zero-order chi connectivity index (χ0) is 18.5. The first-order valence-corrected chi connectivity index (χ1v) is 8.80. The Hall–Kier alpha value is -1.93. The Morgan fingerprint density at radius 1 is 1.38 bits per heavy atom. The molecule has 0 radical (unpaired) electrons. The van der Waals surface area contributed by atoms with E-state index in [4.69, 9.17) is 9.29 Å². The zero-order valence-corrected chi connectivity index (χ0v) is 15.7. The highest BCUT2D eigenvalue weighted by atomic mass is 32.2. The molecule has 134 valence electrons. The number of hydrogen-bond donors (Lipinski definition) is 2. The minimum atomic E-state index is -2.11. The number of H-pyrrole nitrogens is 1. The van der Waals surface area contributed by atoms with Crippen LogP contribution in [-0.2, 0) is 22.4 Å². The topological polar surface area (TPSA) is 95.5 Å². The van der Waals surface area contributed by atoms with Gasteiger partial charge in [0.15, 0.2) is 5.03 Å². The van der Waals surface area contributed by atoms with Gasteiger partial charge in [-0.15, -0.1) is 0 Å². The van der Waals surface area contributed by atoms with Gasteiger partial charge in [-0.1, -0.05) is 13.8 Å². The minimum Gasteiger partial charge on any atom is -0.444 e. The van der Waals surface area contributed by atoms with Crippen LogP contribution < -0.4 is 0 Å². The molecule has 0 aliphatic heterocycles. The van der Waals surface area contributed by atoms with E-state index in [-0.39, 0.29) is 5.03 Å². The summed E-state index contributed by atoms with van der Waals surface area (Å²) in [4.78, 5) is 20.6. The van der Waals surface area contributed by atoms with Crippen molar-refractivity contribution in [2.75, 3.05) is 7.05 Å². The van der Waals surface area contributed by atoms with Crippen LogP contribution in [0.15, 0.2) is 23.2 Å². The van der Waals surface area contributed by atoms with Gasteiger partial charge in [-0.2, -0.15) is 0 Å². The lowest BCUT2D eigenvalue weighted by Crippen LogP contribution is -2.33. The number of carbonyl (C=O) groups is 1. The SMILES string of the molecule is CC.CN(Cc1cc2nc(S(=O)O)ccc2[nH]1)C(=O)OC(C)(C)C. The van der Waals surface area contributed by atoms with Gasteiger partial charge in [0, 0.05) is 12.7 Å². The van der Waals surface area contributed by atoms with Crippen molar-refractivity contribution in [3.63, 3.8) is 0 Å². The molecule has 8 heteroatoms. The number of pyridine rings is 1. The molecule has 0 aliphatic carbocycles. The molecule has 7 nitrogen and oxygen atoms in total. The third-order valence-corrected chi connectivity index (χ3v) is 3.38. The highest BCUT2D eigenvalue weighted by Crippen LogP contribution is 2.17. The maximum absolute atomic E-state index is 11.9. The predicted octanol–water partition coefficient (Wildman–Crippen LogP) is 3.54. The van der Waals surface area contributed by atoms with Gasteiger partial charge >= 0.3 is 6.09 Å². The second kappa shape index (κ2) is 8.25. The second-order valence-corrected chi connectivity index (χ2v) is 6.88. The fourth-order valence-corrected chi connectivity index (χ4v) is 2.25. The molecule has 0 bridgehead atoms. The van der Waals surface area contributed by atoms with Crippen LogP contribution in [0.3, 0.4) is 0 Å². The maximum Gasteiger partial charge on any atom is 0.410 e. The van der Waals surface area contributed by atoms with E-state index in [0.717, 1.165) is 11.2 Å². The smallest absolute Gasteiger partial charge is 0.410 e. The molecule has 0 aromatic carbocycles. The molecule has 0 fully saturated rings. The molecule has 0 saturated carbocycles. The Kier molecular flexibility index (Phi) is 6.92. The van der Waals surface area contributed by atoms with Crippen molar-refractivity contribution >= 4 is 28.2 Å². The molecule has 1 atom stereocenters. The maximum atomic E-state index is 11.9. The van der Waals surface area contributed by atoms with Crippen LogP contribution in [0.1, 0.15) is 40.3 Å². The average Bonchev–Trinajstić information content (AvgIpc) is 2.88. The van der Waals surface area contributed by atoms with Crippen molar-refractivity contribution in [2.24, 2.45) is 0 Å². The predicted molar refractivity (Wildman–Crippen MR) is 94.2 cm³/mol. The summed E-state index contributed by atoms with van der Waals surface area (Å²) in [5.41, 5.74) is 1.53. The minimum absolute atomic E-state index is 0.0959. The monoisotopic (exact) mass is 355 g/mol. The summed E-state index contributed by atoms with van der Waals surface area (Å²) in [7, 11) is 1.64. The van der Waals surface area contributed by atoms with E-state index in [2.05, 4.69) is 9.97 Å². The Labute approximate surface area is 144 Å². The lowest BCUT2D eigenvalue weighted by atomic mass is 10.2. The van der Waals surface area contributed by atoms with Gasteiger partial charge in [-0.3, -0.25) is 0 Å². The quantitative estimate of drug-likeness (QED) is 0.821. The van der Waals surface area contributed by atoms with Crippen molar-refractivity contribution in [1.82, 2.24) is 14.9 Å². The van der Waals surface area contributed by atoms with Crippen LogP contribution in [-0.4, -0.2) is 42.4 Å². The Morgan fingerprint density at radius 3 is 2.54 bits per heavy atom. The molecule has 2 heterocycles. The molecule has 24 heavy (non-hydrogen) atoms. The summed E-state index contributed by atoms with van der Waals surface area (Å²) in [6.45, 7) is 9.75. The molecular formula is C16H25N3O4S. The normalized spacial score (nSPS) is 12.3. The van der Waals surface area contributed by atoms with Gasteiger partial charge in [0.2, 0.25) is 11.1 Å². The molecule has 2 aromatic rings. The zero-order valence-electron chi connectivity index (χ0n) is 14.9. The molecule has 1 unspecified atom stereocenters.